The summed E-state index contributed by atoms with van der Waals surface area (Å²) in [4.78, 5) is 52.0. The summed E-state index contributed by atoms with van der Waals surface area (Å²) in [5, 5.41) is 2.03. The van der Waals surface area contributed by atoms with Crippen LogP contribution in [0.15, 0.2) is 48.5 Å². The van der Waals surface area contributed by atoms with E-state index < -0.39 is 29.9 Å². The number of anilines is 1. The Balaban J connectivity index is 1.61. The van der Waals surface area contributed by atoms with Crippen LogP contribution in [0.4, 0.5) is 18.9 Å². The van der Waals surface area contributed by atoms with Gasteiger partial charge in [0.25, 0.3) is 11.8 Å². The predicted molar refractivity (Wildman–Crippen MR) is 87.9 cm³/mol. The predicted octanol–water partition coefficient (Wildman–Crippen LogP) is 2.48. The molecule has 1 N–H and O–H groups in total. The molecule has 7 nitrogen and oxygen atoms in total. The number of carbonyl (C=O) groups is 4. The zero-order valence-corrected chi connectivity index (χ0v) is 13.9. The highest BCUT2D eigenvalue weighted by Gasteiger charge is 2.39. The van der Waals surface area contributed by atoms with E-state index in [1.165, 1.54) is 36.4 Å². The summed E-state index contributed by atoms with van der Waals surface area (Å²) in [6, 6.07) is 10.9. The van der Waals surface area contributed by atoms with Gasteiger partial charge in [-0.3, -0.25) is 14.4 Å². The van der Waals surface area contributed by atoms with E-state index in [4.69, 9.17) is 4.84 Å². The molecule has 0 spiro atoms. The van der Waals surface area contributed by atoms with Crippen LogP contribution >= 0.6 is 0 Å². The first-order valence-corrected chi connectivity index (χ1v) is 7.82. The van der Waals surface area contributed by atoms with Gasteiger partial charge in [-0.2, -0.15) is 13.2 Å². The maximum absolute atomic E-state index is 12.2. The lowest BCUT2D eigenvalue weighted by atomic mass is 10.1. The van der Waals surface area contributed by atoms with E-state index in [1.54, 1.807) is 17.4 Å². The Morgan fingerprint density at radius 2 is 1.46 bits per heavy atom. The monoisotopic (exact) mass is 392 g/mol. The largest absolute Gasteiger partial charge is 0.471 e. The molecule has 0 bridgehead atoms. The normalized spacial score (nSPS) is 13.3. The molecule has 0 radical (unpaired) electrons. The molecule has 1 aliphatic heterocycles. The summed E-state index contributed by atoms with van der Waals surface area (Å²) in [5.41, 5.74) is 0.460. The van der Waals surface area contributed by atoms with Gasteiger partial charge in [-0.25, -0.2) is 4.79 Å². The van der Waals surface area contributed by atoms with Gasteiger partial charge in [-0.1, -0.05) is 29.3 Å². The number of amides is 3. The van der Waals surface area contributed by atoms with Gasteiger partial charge in [-0.05, 0) is 29.8 Å². The zero-order valence-electron chi connectivity index (χ0n) is 13.9. The van der Waals surface area contributed by atoms with E-state index in [0.717, 1.165) is 0 Å². The second-order valence-electron chi connectivity index (χ2n) is 5.74. The minimum absolute atomic E-state index is 0.111. The number of hydroxylamine groups is 2. The first kappa shape index (κ1) is 19.1. The third-order valence-electron chi connectivity index (χ3n) is 3.77. The van der Waals surface area contributed by atoms with E-state index in [-0.39, 0.29) is 23.2 Å². The number of imide groups is 1. The van der Waals surface area contributed by atoms with Crippen molar-refractivity contribution >= 4 is 29.4 Å². The Hall–Kier alpha value is -3.69. The summed E-state index contributed by atoms with van der Waals surface area (Å²) in [7, 11) is 0. The maximum atomic E-state index is 12.2. The van der Waals surface area contributed by atoms with Crippen molar-refractivity contribution in [1.29, 1.82) is 0 Å². The molecule has 1 heterocycles. The Morgan fingerprint density at radius 3 is 1.96 bits per heavy atom. The van der Waals surface area contributed by atoms with Crippen LogP contribution in [0.5, 0.6) is 0 Å². The molecule has 1 aliphatic rings. The highest BCUT2D eigenvalue weighted by atomic mass is 19.4. The summed E-state index contributed by atoms with van der Waals surface area (Å²) in [6.07, 6.45) is -5.37. The van der Waals surface area contributed by atoms with Crippen molar-refractivity contribution in [2.24, 2.45) is 0 Å². The van der Waals surface area contributed by atoms with Crippen LogP contribution in [0.1, 0.15) is 26.3 Å². The number of nitrogens with zero attached hydrogens (tertiary/aromatic N) is 1. The number of fused-ring (bicyclic) bond motifs is 1. The lowest BCUT2D eigenvalue weighted by Gasteiger charge is -2.13. The third-order valence-corrected chi connectivity index (χ3v) is 3.77. The Bertz CT molecular complexity index is 935. The molecule has 2 aromatic rings. The fraction of sp³-hybridized carbons (Fsp3) is 0.111. The van der Waals surface area contributed by atoms with E-state index in [2.05, 4.69) is 0 Å². The molecule has 0 fully saturated rings. The molecule has 0 saturated heterocycles. The average molecular weight is 392 g/mol. The quantitative estimate of drug-likeness (QED) is 0.807. The topological polar surface area (TPSA) is 92.8 Å². The van der Waals surface area contributed by atoms with Crippen LogP contribution in [0.2, 0.25) is 0 Å². The number of halogens is 3. The highest BCUT2D eigenvalue weighted by molar-refractivity contribution is 6.20. The smallest absolute Gasteiger partial charge is 0.329 e. The molecule has 0 atom stereocenters. The Kier molecular flexibility index (Phi) is 4.87. The lowest BCUT2D eigenvalue weighted by Crippen LogP contribution is -2.33. The summed E-state index contributed by atoms with van der Waals surface area (Å²) in [6.45, 7) is 0. The molecule has 10 heteroatoms. The molecular weight excluding hydrogens is 381 g/mol. The average Bonchev–Trinajstić information content (AvgIpc) is 2.88. The molecular formula is C18H11F3N2O5. The van der Waals surface area contributed by atoms with Crippen LogP contribution in [-0.2, 0) is 20.8 Å². The van der Waals surface area contributed by atoms with Gasteiger partial charge < -0.3 is 10.2 Å². The summed E-state index contributed by atoms with van der Waals surface area (Å²) >= 11 is 0. The number of alkyl halides is 3. The van der Waals surface area contributed by atoms with Gasteiger partial charge in [0.2, 0.25) is 0 Å². The first-order chi connectivity index (χ1) is 13.2. The van der Waals surface area contributed by atoms with Gasteiger partial charge in [0.15, 0.2) is 0 Å². The van der Waals surface area contributed by atoms with Crippen molar-refractivity contribution in [3.8, 4) is 0 Å². The zero-order chi connectivity index (χ0) is 20.5. The lowest BCUT2D eigenvalue weighted by molar-refractivity contribution is -0.167. The van der Waals surface area contributed by atoms with Crippen LogP contribution in [0, 0.1) is 0 Å². The highest BCUT2D eigenvalue weighted by Crippen LogP contribution is 2.23. The van der Waals surface area contributed by atoms with Crippen LogP contribution in [0.25, 0.3) is 0 Å². The van der Waals surface area contributed by atoms with Crippen molar-refractivity contribution in [1.82, 2.24) is 5.06 Å². The van der Waals surface area contributed by atoms with Crippen molar-refractivity contribution in [3.63, 3.8) is 0 Å². The van der Waals surface area contributed by atoms with Crippen LogP contribution < -0.4 is 5.32 Å². The molecule has 0 unspecified atom stereocenters. The van der Waals surface area contributed by atoms with Crippen LogP contribution in [0.3, 0.4) is 0 Å². The molecule has 3 amide bonds. The van der Waals surface area contributed by atoms with Gasteiger partial charge in [0.05, 0.1) is 17.5 Å². The third kappa shape index (κ3) is 3.85. The molecule has 3 rings (SSSR count). The number of hydrogen-bond donors (Lipinski definition) is 1. The second-order valence-corrected chi connectivity index (χ2v) is 5.74. The van der Waals surface area contributed by atoms with Gasteiger partial charge >= 0.3 is 18.1 Å². The number of benzene rings is 2. The van der Waals surface area contributed by atoms with E-state index in [1.807, 2.05) is 0 Å². The molecule has 144 valence electrons. The molecule has 0 aliphatic carbocycles. The number of carbonyl (C=O) groups excluding carboxylic acids is 4. The number of nitrogens with one attached hydrogen (secondary N) is 1. The molecule has 0 aromatic heterocycles. The van der Waals surface area contributed by atoms with Crippen molar-refractivity contribution < 1.29 is 37.2 Å². The van der Waals surface area contributed by atoms with E-state index in [0.29, 0.717) is 10.6 Å². The standard InChI is InChI=1S/C18H11F3N2O5/c19-18(20,21)17(27)22-11-7-5-10(6-8-11)9-14(24)28-23-15(25)12-3-1-2-4-13(12)16(23)26/h1-8H,9H2,(H,22,27). The summed E-state index contributed by atoms with van der Waals surface area (Å²) < 4.78 is 36.6. The summed E-state index contributed by atoms with van der Waals surface area (Å²) in [5.74, 6) is -4.56. The second kappa shape index (κ2) is 7.14. The Labute approximate surface area is 155 Å². The SMILES string of the molecule is O=C(Cc1ccc(NC(=O)C(F)(F)F)cc1)ON1C(=O)c2ccccc2C1=O. The number of rotatable bonds is 4. The molecule has 2 aromatic carbocycles. The van der Waals surface area contributed by atoms with Crippen molar-refractivity contribution in [2.75, 3.05) is 5.32 Å². The van der Waals surface area contributed by atoms with Gasteiger partial charge in [0.1, 0.15) is 0 Å². The minimum atomic E-state index is -5.02. The Morgan fingerprint density at radius 1 is 0.929 bits per heavy atom. The fourth-order valence-electron chi connectivity index (χ4n) is 2.46. The number of hydrogen-bond acceptors (Lipinski definition) is 5. The van der Waals surface area contributed by atoms with Gasteiger partial charge in [-0.15, -0.1) is 0 Å². The molecule has 0 saturated carbocycles. The van der Waals surface area contributed by atoms with E-state index in [9.17, 15) is 32.3 Å². The van der Waals surface area contributed by atoms with Crippen LogP contribution in [-0.4, -0.2) is 34.9 Å². The van der Waals surface area contributed by atoms with E-state index >= 15 is 0 Å². The van der Waals surface area contributed by atoms with Crippen molar-refractivity contribution in [3.05, 3.63) is 65.2 Å². The maximum Gasteiger partial charge on any atom is 0.471 e. The van der Waals surface area contributed by atoms with Gasteiger partial charge in [0, 0.05) is 5.69 Å². The van der Waals surface area contributed by atoms with Crippen molar-refractivity contribution in [2.45, 2.75) is 12.6 Å². The minimum Gasteiger partial charge on any atom is -0.329 e. The molecule has 28 heavy (non-hydrogen) atoms. The first-order valence-electron chi connectivity index (χ1n) is 7.82. The fourth-order valence-corrected chi connectivity index (χ4v) is 2.46.